The third-order valence-electron chi connectivity index (χ3n) is 3.62. The highest BCUT2D eigenvalue weighted by Crippen LogP contribution is 2.28. The summed E-state index contributed by atoms with van der Waals surface area (Å²) in [6.45, 7) is 1.23. The van der Waals surface area contributed by atoms with Crippen LogP contribution in [-0.2, 0) is 0 Å². The maximum absolute atomic E-state index is 12.4. The van der Waals surface area contributed by atoms with Gasteiger partial charge in [-0.1, -0.05) is 23.7 Å². The highest BCUT2D eigenvalue weighted by molar-refractivity contribution is 6.34. The Kier molecular flexibility index (Phi) is 3.21. The van der Waals surface area contributed by atoms with Crippen LogP contribution in [0.4, 0.5) is 0 Å². The summed E-state index contributed by atoms with van der Waals surface area (Å²) in [5, 5.41) is 1.37. The van der Waals surface area contributed by atoms with Gasteiger partial charge in [0.05, 0.1) is 5.02 Å². The van der Waals surface area contributed by atoms with E-state index in [1.807, 2.05) is 12.1 Å². The van der Waals surface area contributed by atoms with Crippen LogP contribution in [0.5, 0.6) is 0 Å². The minimum atomic E-state index is -0.0970. The normalized spacial score (nSPS) is 19.3. The molecule has 2 N–H and O–H groups in total. The Morgan fingerprint density at radius 1 is 1.53 bits per heavy atom. The van der Waals surface area contributed by atoms with Crippen LogP contribution in [0.15, 0.2) is 28.7 Å². The first-order valence-electron chi connectivity index (χ1n) is 6.40. The lowest BCUT2D eigenvalue weighted by Crippen LogP contribution is -2.39. The number of halogens is 1. The molecule has 0 radical (unpaired) electrons. The summed E-state index contributed by atoms with van der Waals surface area (Å²) in [6.07, 6.45) is 1.96. The lowest BCUT2D eigenvalue weighted by atomic mass is 10.2. The zero-order chi connectivity index (χ0) is 13.4. The van der Waals surface area contributed by atoms with Gasteiger partial charge in [-0.3, -0.25) is 4.79 Å². The topological polar surface area (TPSA) is 59.5 Å². The van der Waals surface area contributed by atoms with Crippen molar-refractivity contribution in [1.29, 1.82) is 0 Å². The van der Waals surface area contributed by atoms with Crippen LogP contribution >= 0.6 is 11.6 Å². The van der Waals surface area contributed by atoms with Gasteiger partial charge >= 0.3 is 0 Å². The van der Waals surface area contributed by atoms with Crippen molar-refractivity contribution >= 4 is 28.5 Å². The molecule has 3 rings (SSSR count). The summed E-state index contributed by atoms with van der Waals surface area (Å²) in [4.78, 5) is 14.2. The number of fused-ring (bicyclic) bond motifs is 1. The van der Waals surface area contributed by atoms with Crippen molar-refractivity contribution in [2.45, 2.75) is 18.9 Å². The molecule has 2 aromatic rings. The number of likely N-dealkylation sites (tertiary alicyclic amines) is 1. The summed E-state index contributed by atoms with van der Waals surface area (Å²) < 4.78 is 5.60. The van der Waals surface area contributed by atoms with Gasteiger partial charge < -0.3 is 15.1 Å². The molecule has 1 amide bonds. The van der Waals surface area contributed by atoms with E-state index >= 15 is 0 Å². The number of benzene rings is 1. The average molecular weight is 279 g/mol. The largest absolute Gasteiger partial charge is 0.449 e. The Morgan fingerprint density at radius 2 is 2.37 bits per heavy atom. The molecule has 1 aromatic heterocycles. The molecule has 0 aliphatic carbocycles. The molecule has 0 spiro atoms. The van der Waals surface area contributed by atoms with E-state index in [-0.39, 0.29) is 11.9 Å². The Balaban J connectivity index is 1.95. The first-order valence-corrected chi connectivity index (χ1v) is 6.77. The van der Waals surface area contributed by atoms with Gasteiger partial charge in [-0.15, -0.1) is 0 Å². The number of hydrogen-bond acceptors (Lipinski definition) is 3. The number of rotatable bonds is 2. The molecule has 2 heterocycles. The predicted molar refractivity (Wildman–Crippen MR) is 74.3 cm³/mol. The second-order valence-electron chi connectivity index (χ2n) is 4.80. The fourth-order valence-corrected chi connectivity index (χ4v) is 2.84. The highest BCUT2D eigenvalue weighted by atomic mass is 35.5. The zero-order valence-electron chi connectivity index (χ0n) is 10.4. The summed E-state index contributed by atoms with van der Waals surface area (Å²) >= 11 is 6.05. The third-order valence-corrected chi connectivity index (χ3v) is 3.91. The molecule has 1 aliphatic heterocycles. The van der Waals surface area contributed by atoms with Crippen molar-refractivity contribution in [3.63, 3.8) is 0 Å². The van der Waals surface area contributed by atoms with Crippen molar-refractivity contribution in [3.8, 4) is 0 Å². The smallest absolute Gasteiger partial charge is 0.289 e. The Hall–Kier alpha value is -1.52. The summed E-state index contributed by atoms with van der Waals surface area (Å²) in [7, 11) is 0. The fourth-order valence-electron chi connectivity index (χ4n) is 2.62. The van der Waals surface area contributed by atoms with Crippen molar-refractivity contribution in [3.05, 3.63) is 35.0 Å². The lowest BCUT2D eigenvalue weighted by molar-refractivity contribution is 0.0711. The molecule has 1 aromatic carbocycles. The molecule has 4 nitrogen and oxygen atoms in total. The molecule has 0 unspecified atom stereocenters. The van der Waals surface area contributed by atoms with Crippen molar-refractivity contribution in [2.24, 2.45) is 5.73 Å². The van der Waals surface area contributed by atoms with Crippen molar-refractivity contribution in [2.75, 3.05) is 13.1 Å². The van der Waals surface area contributed by atoms with Crippen molar-refractivity contribution in [1.82, 2.24) is 4.90 Å². The van der Waals surface area contributed by atoms with Crippen LogP contribution in [0.25, 0.3) is 11.0 Å². The van der Waals surface area contributed by atoms with E-state index in [1.165, 1.54) is 0 Å². The number of carbonyl (C=O) groups is 1. The number of amides is 1. The zero-order valence-corrected chi connectivity index (χ0v) is 11.2. The van der Waals surface area contributed by atoms with Crippen LogP contribution in [0, 0.1) is 0 Å². The monoisotopic (exact) mass is 278 g/mol. The Morgan fingerprint density at radius 3 is 3.11 bits per heavy atom. The number of nitrogens with zero attached hydrogens (tertiary/aromatic N) is 1. The number of furan rings is 1. The van der Waals surface area contributed by atoms with E-state index in [2.05, 4.69) is 0 Å². The quantitative estimate of drug-likeness (QED) is 0.919. The summed E-state index contributed by atoms with van der Waals surface area (Å²) in [5.41, 5.74) is 6.26. The number of para-hydroxylation sites is 1. The van der Waals surface area contributed by atoms with Gasteiger partial charge in [0.15, 0.2) is 11.3 Å². The summed E-state index contributed by atoms with van der Waals surface area (Å²) in [6, 6.07) is 7.34. The molecule has 0 saturated carbocycles. The highest BCUT2D eigenvalue weighted by Gasteiger charge is 2.30. The second kappa shape index (κ2) is 4.87. The average Bonchev–Trinajstić information content (AvgIpc) is 3.04. The van der Waals surface area contributed by atoms with Crippen LogP contribution in [0.1, 0.15) is 23.4 Å². The van der Waals surface area contributed by atoms with Gasteiger partial charge in [0.25, 0.3) is 5.91 Å². The third kappa shape index (κ3) is 2.11. The van der Waals surface area contributed by atoms with E-state index in [0.717, 1.165) is 24.8 Å². The van der Waals surface area contributed by atoms with E-state index in [9.17, 15) is 4.79 Å². The molecule has 1 atom stereocenters. The minimum Gasteiger partial charge on any atom is -0.449 e. The minimum absolute atomic E-state index is 0.0970. The molecule has 1 fully saturated rings. The van der Waals surface area contributed by atoms with E-state index in [0.29, 0.717) is 22.9 Å². The molecule has 1 saturated heterocycles. The molecular formula is C14H15ClN2O2. The van der Waals surface area contributed by atoms with Crippen LogP contribution in [0.2, 0.25) is 5.02 Å². The van der Waals surface area contributed by atoms with Gasteiger partial charge in [-0.25, -0.2) is 0 Å². The van der Waals surface area contributed by atoms with Gasteiger partial charge in [0.2, 0.25) is 0 Å². The first-order chi connectivity index (χ1) is 9.20. The Bertz CT molecular complexity index is 623. The number of carbonyl (C=O) groups excluding carboxylic acids is 1. The van der Waals surface area contributed by atoms with E-state index in [4.69, 9.17) is 21.8 Å². The van der Waals surface area contributed by atoms with Crippen LogP contribution < -0.4 is 5.73 Å². The molecular weight excluding hydrogens is 264 g/mol. The molecule has 19 heavy (non-hydrogen) atoms. The fraction of sp³-hybridized carbons (Fsp3) is 0.357. The van der Waals surface area contributed by atoms with Crippen LogP contribution in [0.3, 0.4) is 0 Å². The number of hydrogen-bond donors (Lipinski definition) is 1. The Labute approximate surface area is 116 Å². The molecule has 0 bridgehead atoms. The summed E-state index contributed by atoms with van der Waals surface area (Å²) in [5.74, 6) is 0.240. The molecule has 5 heteroatoms. The maximum atomic E-state index is 12.4. The lowest BCUT2D eigenvalue weighted by Gasteiger charge is -2.22. The second-order valence-corrected chi connectivity index (χ2v) is 5.21. The van der Waals surface area contributed by atoms with E-state index < -0.39 is 0 Å². The maximum Gasteiger partial charge on any atom is 0.289 e. The van der Waals surface area contributed by atoms with Crippen molar-refractivity contribution < 1.29 is 9.21 Å². The van der Waals surface area contributed by atoms with Crippen LogP contribution in [-0.4, -0.2) is 29.9 Å². The van der Waals surface area contributed by atoms with Gasteiger partial charge in [-0.2, -0.15) is 0 Å². The SMILES string of the molecule is NC[C@H]1CCCN1C(=O)c1cc2cccc(Cl)c2o1. The molecule has 1 aliphatic rings. The number of nitrogens with two attached hydrogens (primary N) is 1. The van der Waals surface area contributed by atoms with Gasteiger partial charge in [0.1, 0.15) is 0 Å². The van der Waals surface area contributed by atoms with E-state index in [1.54, 1.807) is 17.0 Å². The standard InChI is InChI=1S/C14H15ClN2O2/c15-11-5-1-3-9-7-12(19-13(9)11)14(18)17-6-2-4-10(17)8-16/h1,3,5,7,10H,2,4,6,8,16H2/t10-/m1/s1. The van der Waals surface area contributed by atoms with Gasteiger partial charge in [-0.05, 0) is 25.0 Å². The predicted octanol–water partition coefficient (Wildman–Crippen LogP) is 2.65. The van der Waals surface area contributed by atoms with Gasteiger partial charge in [0, 0.05) is 24.5 Å². The first kappa shape index (κ1) is 12.5. The molecule has 100 valence electrons.